The molecule has 9 aromatic rings. The van der Waals surface area contributed by atoms with E-state index in [0.717, 1.165) is 61.6 Å². The maximum atomic E-state index is 6.95. The Morgan fingerprint density at radius 1 is 0.571 bits per heavy atom. The van der Waals surface area contributed by atoms with Crippen LogP contribution in [0.25, 0.3) is 99.8 Å². The topological polar surface area (TPSA) is 101 Å². The van der Waals surface area contributed by atoms with Crippen LogP contribution in [-0.2, 0) is 0 Å². The first-order chi connectivity index (χ1) is 34.0. The third-order valence-corrected chi connectivity index (χ3v) is 15.7. The van der Waals surface area contributed by atoms with E-state index in [0.29, 0.717) is 0 Å². The molecule has 0 aliphatic heterocycles. The number of nitrogens with two attached hydrogens (primary N) is 3. The molecule has 6 aromatic carbocycles. The van der Waals surface area contributed by atoms with Gasteiger partial charge in [0.1, 0.15) is 0 Å². The van der Waals surface area contributed by atoms with Gasteiger partial charge in [0.15, 0.2) is 0 Å². The van der Waals surface area contributed by atoms with Crippen molar-refractivity contribution in [3.8, 4) is 33.5 Å². The molecular weight excluding hydrogens is 853 g/mol. The maximum Gasteiger partial charge on any atom is 0.0702 e. The van der Waals surface area contributed by atoms with Gasteiger partial charge in [-0.1, -0.05) is 119 Å². The Morgan fingerprint density at radius 2 is 1.17 bits per heavy atom. The van der Waals surface area contributed by atoms with Gasteiger partial charge in [0, 0.05) is 56.5 Å². The van der Waals surface area contributed by atoms with E-state index in [4.69, 9.17) is 22.2 Å². The molecule has 2 aliphatic carbocycles. The zero-order chi connectivity index (χ0) is 48.5. The van der Waals surface area contributed by atoms with Gasteiger partial charge in [0.2, 0.25) is 0 Å². The molecule has 0 fully saturated rings. The lowest BCUT2D eigenvalue weighted by Gasteiger charge is -2.42. The van der Waals surface area contributed by atoms with Crippen LogP contribution in [-0.4, -0.2) is 14.1 Å². The van der Waals surface area contributed by atoms with Crippen molar-refractivity contribution in [2.24, 2.45) is 17.2 Å². The number of aromatic nitrogens is 3. The zero-order valence-electron chi connectivity index (χ0n) is 41.1. The average molecular weight is 913 g/mol. The Hall–Kier alpha value is -8.09. The molecule has 0 radical (unpaired) electrons. The molecule has 6 N–H and O–H groups in total. The number of allylic oxidation sites excluding steroid dienone is 9. The van der Waals surface area contributed by atoms with Crippen LogP contribution in [0.4, 0.5) is 0 Å². The summed E-state index contributed by atoms with van der Waals surface area (Å²) in [5, 5.41) is 4.88. The highest BCUT2D eigenvalue weighted by Gasteiger charge is 2.42. The van der Waals surface area contributed by atoms with E-state index in [9.17, 15) is 0 Å². The van der Waals surface area contributed by atoms with E-state index in [1.807, 2.05) is 30.5 Å². The SMILES string of the molecule is C/C=C\C(=C/N)n1c2ccc(-c3ccc(-c4ccccc4)cn3)cc2c2cc3c4c(c21)C(C)C(C)c1c-4c(cc2c4cc(/C(N)=C/C=C(\C)c5ccccc5)ccc4n(/C(C)=C/C=C\N)c12)C(C)C3C. The largest absolute Gasteiger partial charge is 0.405 e. The molecule has 4 atom stereocenters. The Morgan fingerprint density at radius 3 is 1.79 bits per heavy atom. The highest BCUT2D eigenvalue weighted by molar-refractivity contribution is 6.18. The van der Waals surface area contributed by atoms with Gasteiger partial charge in [0.25, 0.3) is 0 Å². The third kappa shape index (κ3) is 6.87. The Labute approximate surface area is 411 Å². The van der Waals surface area contributed by atoms with Gasteiger partial charge in [-0.05, 0) is 173 Å². The van der Waals surface area contributed by atoms with Crippen molar-refractivity contribution in [1.29, 1.82) is 0 Å². The molecule has 0 spiro atoms. The second kappa shape index (κ2) is 17.5. The number of fused-ring (bicyclic) bond motifs is 8. The van der Waals surface area contributed by atoms with Gasteiger partial charge in [-0.15, -0.1) is 0 Å². The van der Waals surface area contributed by atoms with Crippen LogP contribution < -0.4 is 17.2 Å². The maximum absolute atomic E-state index is 6.95. The predicted molar refractivity (Wildman–Crippen MR) is 299 cm³/mol. The summed E-state index contributed by atoms with van der Waals surface area (Å²) in [4.78, 5) is 5.02. The Balaban J connectivity index is 1.18. The number of pyridine rings is 1. The standard InChI is InChI=1S/C64H60N6/c1-8-16-48(35-66)70-58-29-25-46(56-27-23-47(36-68-56)44-20-13-10-14-21-44)32-52(58)54-34-50-40(5)39(4)49-33-53-51-31-45(55(67)26-22-37(2)43-18-11-9-12-19-43)24-28-57(51)69(38(3)17-15-30-65)63(53)59-41(6)42(7)60(64(54)70)62(50)61(49)59/h8-36,39-42H,65-67H2,1-7H3/b16-8-,30-15-,37-22+,38-17+,48-35+,55-26-. The van der Waals surface area contributed by atoms with Gasteiger partial charge in [0.05, 0.1) is 33.5 Å². The van der Waals surface area contributed by atoms with Crippen molar-refractivity contribution in [1.82, 2.24) is 14.1 Å². The number of benzene rings is 6. The van der Waals surface area contributed by atoms with Gasteiger partial charge < -0.3 is 26.3 Å². The van der Waals surface area contributed by atoms with E-state index in [1.165, 1.54) is 71.5 Å². The molecule has 6 nitrogen and oxygen atoms in total. The van der Waals surface area contributed by atoms with Crippen LogP contribution in [0.3, 0.4) is 0 Å². The van der Waals surface area contributed by atoms with Crippen molar-refractivity contribution in [3.63, 3.8) is 0 Å². The number of nitrogens with zero attached hydrogens (tertiary/aromatic N) is 3. The molecular formula is C64H60N6. The minimum absolute atomic E-state index is 0.150. The molecule has 346 valence electrons. The van der Waals surface area contributed by atoms with Gasteiger partial charge >= 0.3 is 0 Å². The van der Waals surface area contributed by atoms with Crippen LogP contribution in [0.1, 0.15) is 106 Å². The zero-order valence-corrected chi connectivity index (χ0v) is 41.1. The first-order valence-electron chi connectivity index (χ1n) is 24.7. The van der Waals surface area contributed by atoms with E-state index < -0.39 is 0 Å². The first-order valence-corrected chi connectivity index (χ1v) is 24.7. The van der Waals surface area contributed by atoms with Crippen molar-refractivity contribution >= 4 is 66.3 Å². The molecule has 70 heavy (non-hydrogen) atoms. The van der Waals surface area contributed by atoms with Crippen molar-refractivity contribution in [3.05, 3.63) is 210 Å². The summed E-state index contributed by atoms with van der Waals surface area (Å²) in [5.41, 5.74) is 43.0. The molecule has 0 amide bonds. The Kier molecular flexibility index (Phi) is 11.1. The highest BCUT2D eigenvalue weighted by Crippen LogP contribution is 2.61. The Bertz CT molecular complexity index is 3760. The molecule has 0 saturated carbocycles. The van der Waals surface area contributed by atoms with Crippen LogP contribution in [0.15, 0.2) is 176 Å². The average Bonchev–Trinajstić information content (AvgIpc) is 3.90. The summed E-state index contributed by atoms with van der Waals surface area (Å²) < 4.78 is 4.89. The lowest BCUT2D eigenvalue weighted by Crippen LogP contribution is -2.24. The second-order valence-corrected chi connectivity index (χ2v) is 19.5. The predicted octanol–water partition coefficient (Wildman–Crippen LogP) is 15.8. The summed E-state index contributed by atoms with van der Waals surface area (Å²) in [7, 11) is 0. The van der Waals surface area contributed by atoms with E-state index in [-0.39, 0.29) is 23.7 Å². The summed E-state index contributed by atoms with van der Waals surface area (Å²) in [5.74, 6) is 0.812. The number of rotatable bonds is 9. The normalized spacial score (nSPS) is 18.6. The summed E-state index contributed by atoms with van der Waals surface area (Å²) in [6.07, 6.45) is 17.8. The third-order valence-electron chi connectivity index (χ3n) is 15.7. The fraction of sp³-hybridized carbons (Fsp3) is 0.172. The fourth-order valence-electron chi connectivity index (χ4n) is 11.8. The van der Waals surface area contributed by atoms with Gasteiger partial charge in [-0.3, -0.25) is 4.98 Å². The van der Waals surface area contributed by atoms with Gasteiger partial charge in [-0.2, -0.15) is 0 Å². The van der Waals surface area contributed by atoms with E-state index >= 15 is 0 Å². The molecule has 4 unspecified atom stereocenters. The molecule has 11 rings (SSSR count). The fourth-order valence-corrected chi connectivity index (χ4v) is 11.8. The van der Waals surface area contributed by atoms with Crippen LogP contribution in [0, 0.1) is 0 Å². The number of hydrogen-bond donors (Lipinski definition) is 3. The summed E-state index contributed by atoms with van der Waals surface area (Å²) in [6, 6.07) is 43.8. The van der Waals surface area contributed by atoms with Crippen LogP contribution >= 0.6 is 0 Å². The highest BCUT2D eigenvalue weighted by atomic mass is 15.0. The lowest BCUT2D eigenvalue weighted by atomic mass is 9.62. The number of hydrogen-bond acceptors (Lipinski definition) is 4. The minimum atomic E-state index is 0.150. The van der Waals surface area contributed by atoms with Crippen molar-refractivity contribution in [2.75, 3.05) is 0 Å². The van der Waals surface area contributed by atoms with Crippen LogP contribution in [0.2, 0.25) is 0 Å². The molecule has 3 aromatic heterocycles. The minimum Gasteiger partial charge on any atom is -0.405 e. The van der Waals surface area contributed by atoms with Crippen LogP contribution in [0.5, 0.6) is 0 Å². The molecule has 6 heteroatoms. The van der Waals surface area contributed by atoms with E-state index in [2.05, 4.69) is 191 Å². The first kappa shape index (κ1) is 44.4. The van der Waals surface area contributed by atoms with Crippen molar-refractivity contribution in [2.45, 2.75) is 72.1 Å². The van der Waals surface area contributed by atoms with Crippen molar-refractivity contribution < 1.29 is 0 Å². The van der Waals surface area contributed by atoms with E-state index in [1.54, 1.807) is 12.4 Å². The summed E-state index contributed by atoms with van der Waals surface area (Å²) >= 11 is 0. The molecule has 0 saturated heterocycles. The monoisotopic (exact) mass is 912 g/mol. The second-order valence-electron chi connectivity index (χ2n) is 19.5. The van der Waals surface area contributed by atoms with Gasteiger partial charge in [-0.25, -0.2) is 0 Å². The molecule has 2 aliphatic rings. The summed E-state index contributed by atoms with van der Waals surface area (Å²) in [6.45, 7) is 16.1. The smallest absolute Gasteiger partial charge is 0.0702 e. The molecule has 3 heterocycles. The lowest BCUT2D eigenvalue weighted by molar-refractivity contribution is 0.585. The molecule has 0 bridgehead atoms. The quantitative estimate of drug-likeness (QED) is 0.126.